The van der Waals surface area contributed by atoms with Gasteiger partial charge in [0.25, 0.3) is 0 Å². The molecule has 92 valence electrons. The Balaban J connectivity index is 2.30. The molecule has 0 N–H and O–H groups in total. The minimum absolute atomic E-state index is 0.322. The lowest BCUT2D eigenvalue weighted by molar-refractivity contribution is -0.210. The highest BCUT2D eigenvalue weighted by Crippen LogP contribution is 2.39. The molecule has 5 nitrogen and oxygen atoms in total. The lowest BCUT2D eigenvalue weighted by Gasteiger charge is -2.41. The number of hydrogen-bond acceptors (Lipinski definition) is 5. The van der Waals surface area contributed by atoms with E-state index in [1.54, 1.807) is 21.0 Å². The SMILES string of the molecule is CO[C@@H]1[C@H]2OC(C)(C)O[C@H]2C(=O)OC1(C)C. The summed E-state index contributed by atoms with van der Waals surface area (Å²) < 4.78 is 21.9. The van der Waals surface area contributed by atoms with Crippen molar-refractivity contribution in [2.45, 2.75) is 57.4 Å². The molecule has 2 heterocycles. The number of rotatable bonds is 1. The second kappa shape index (κ2) is 3.42. The topological polar surface area (TPSA) is 54.0 Å². The third-order valence-electron chi connectivity index (χ3n) is 2.96. The van der Waals surface area contributed by atoms with Crippen LogP contribution in [0, 0.1) is 0 Å². The second-order valence-corrected chi connectivity index (χ2v) is 5.20. The number of hydrogen-bond donors (Lipinski definition) is 0. The highest BCUT2D eigenvalue weighted by molar-refractivity contribution is 5.77. The molecule has 0 radical (unpaired) electrons. The maximum atomic E-state index is 11.8. The van der Waals surface area contributed by atoms with Crippen LogP contribution in [0.5, 0.6) is 0 Å². The first kappa shape index (κ1) is 11.8. The van der Waals surface area contributed by atoms with E-state index in [2.05, 4.69) is 0 Å². The maximum absolute atomic E-state index is 11.8. The first-order valence-corrected chi connectivity index (χ1v) is 5.38. The van der Waals surface area contributed by atoms with E-state index in [0.717, 1.165) is 0 Å². The van der Waals surface area contributed by atoms with Crippen molar-refractivity contribution in [1.29, 1.82) is 0 Å². The Labute approximate surface area is 95.0 Å². The van der Waals surface area contributed by atoms with Gasteiger partial charge in [-0.1, -0.05) is 0 Å². The minimum atomic E-state index is -0.772. The van der Waals surface area contributed by atoms with Crippen molar-refractivity contribution in [3.8, 4) is 0 Å². The van der Waals surface area contributed by atoms with Crippen molar-refractivity contribution >= 4 is 5.97 Å². The van der Waals surface area contributed by atoms with Crippen LogP contribution >= 0.6 is 0 Å². The zero-order valence-corrected chi connectivity index (χ0v) is 10.3. The number of ether oxygens (including phenoxy) is 4. The van der Waals surface area contributed by atoms with Gasteiger partial charge in [0.05, 0.1) is 0 Å². The lowest BCUT2D eigenvalue weighted by Crippen LogP contribution is -2.59. The van der Waals surface area contributed by atoms with Crippen LogP contribution in [-0.2, 0) is 23.7 Å². The summed E-state index contributed by atoms with van der Waals surface area (Å²) in [7, 11) is 1.58. The van der Waals surface area contributed by atoms with Gasteiger partial charge in [-0.3, -0.25) is 0 Å². The molecular weight excluding hydrogens is 212 g/mol. The molecule has 2 fully saturated rings. The highest BCUT2D eigenvalue weighted by Gasteiger charge is 2.58. The van der Waals surface area contributed by atoms with Crippen LogP contribution in [0.3, 0.4) is 0 Å². The third kappa shape index (κ3) is 1.73. The van der Waals surface area contributed by atoms with Crippen LogP contribution < -0.4 is 0 Å². The third-order valence-corrected chi connectivity index (χ3v) is 2.96. The van der Waals surface area contributed by atoms with Gasteiger partial charge in [-0.25, -0.2) is 4.79 Å². The van der Waals surface area contributed by atoms with E-state index in [-0.39, 0.29) is 12.1 Å². The molecule has 0 aliphatic carbocycles. The van der Waals surface area contributed by atoms with Crippen LogP contribution in [-0.4, -0.2) is 42.8 Å². The molecule has 0 spiro atoms. The van der Waals surface area contributed by atoms with Crippen LogP contribution in [0.15, 0.2) is 0 Å². The molecule has 0 unspecified atom stereocenters. The normalized spacial score (nSPS) is 40.3. The molecule has 2 aliphatic rings. The van der Waals surface area contributed by atoms with Crippen molar-refractivity contribution < 1.29 is 23.7 Å². The fraction of sp³-hybridized carbons (Fsp3) is 0.909. The fourth-order valence-electron chi connectivity index (χ4n) is 2.38. The van der Waals surface area contributed by atoms with Gasteiger partial charge < -0.3 is 18.9 Å². The van der Waals surface area contributed by atoms with E-state index in [1.165, 1.54) is 0 Å². The zero-order valence-electron chi connectivity index (χ0n) is 10.3. The van der Waals surface area contributed by atoms with Crippen molar-refractivity contribution in [1.82, 2.24) is 0 Å². The summed E-state index contributed by atoms with van der Waals surface area (Å²) in [5, 5.41) is 0. The first-order chi connectivity index (χ1) is 7.27. The van der Waals surface area contributed by atoms with Gasteiger partial charge in [-0.15, -0.1) is 0 Å². The van der Waals surface area contributed by atoms with Gasteiger partial charge >= 0.3 is 5.97 Å². The molecule has 0 aromatic heterocycles. The van der Waals surface area contributed by atoms with E-state index < -0.39 is 23.6 Å². The van der Waals surface area contributed by atoms with Crippen molar-refractivity contribution in [2.75, 3.05) is 7.11 Å². The Morgan fingerprint density at radius 2 is 1.81 bits per heavy atom. The molecule has 0 amide bonds. The summed E-state index contributed by atoms with van der Waals surface area (Å²) in [6.07, 6.45) is -1.42. The number of carbonyl (C=O) groups excluding carboxylic acids is 1. The smallest absolute Gasteiger partial charge is 0.338 e. The van der Waals surface area contributed by atoms with E-state index in [4.69, 9.17) is 18.9 Å². The van der Waals surface area contributed by atoms with Crippen molar-refractivity contribution in [3.05, 3.63) is 0 Å². The van der Waals surface area contributed by atoms with E-state index in [0.29, 0.717) is 0 Å². The number of esters is 1. The van der Waals surface area contributed by atoms with Crippen LogP contribution in [0.2, 0.25) is 0 Å². The Morgan fingerprint density at radius 3 is 2.38 bits per heavy atom. The maximum Gasteiger partial charge on any atom is 0.338 e. The number of fused-ring (bicyclic) bond motifs is 1. The van der Waals surface area contributed by atoms with Crippen molar-refractivity contribution in [3.63, 3.8) is 0 Å². The molecule has 2 aliphatic heterocycles. The summed E-state index contributed by atoms with van der Waals surface area (Å²) in [5.74, 6) is -1.15. The largest absolute Gasteiger partial charge is 0.455 e. The molecule has 2 saturated heterocycles. The molecule has 3 atom stereocenters. The second-order valence-electron chi connectivity index (χ2n) is 5.20. The molecule has 16 heavy (non-hydrogen) atoms. The van der Waals surface area contributed by atoms with Gasteiger partial charge in [0.1, 0.15) is 17.8 Å². The average molecular weight is 230 g/mol. The van der Waals surface area contributed by atoms with Crippen LogP contribution in [0.25, 0.3) is 0 Å². The fourth-order valence-corrected chi connectivity index (χ4v) is 2.38. The number of methoxy groups -OCH3 is 1. The average Bonchev–Trinajstić information content (AvgIpc) is 2.40. The van der Waals surface area contributed by atoms with Crippen molar-refractivity contribution in [2.24, 2.45) is 0 Å². The van der Waals surface area contributed by atoms with Crippen LogP contribution in [0.1, 0.15) is 27.7 Å². The van der Waals surface area contributed by atoms with E-state index in [1.807, 2.05) is 13.8 Å². The quantitative estimate of drug-likeness (QED) is 0.625. The predicted molar refractivity (Wildman–Crippen MR) is 54.8 cm³/mol. The van der Waals surface area contributed by atoms with Gasteiger partial charge in [0.2, 0.25) is 0 Å². The molecular formula is C11H18O5. The van der Waals surface area contributed by atoms with Gasteiger partial charge in [-0.05, 0) is 27.7 Å². The molecule has 5 heteroatoms. The Hall–Kier alpha value is -0.650. The summed E-state index contributed by atoms with van der Waals surface area (Å²) in [4.78, 5) is 11.8. The van der Waals surface area contributed by atoms with Gasteiger partial charge in [0.15, 0.2) is 11.9 Å². The molecule has 0 aromatic carbocycles. The molecule has 0 bridgehead atoms. The first-order valence-electron chi connectivity index (χ1n) is 5.38. The summed E-state index contributed by atoms with van der Waals surface area (Å²) in [6, 6.07) is 0. The Bertz CT molecular complexity index is 309. The predicted octanol–water partition coefficient (Wildman–Crippen LogP) is 0.857. The van der Waals surface area contributed by atoms with Gasteiger partial charge in [-0.2, -0.15) is 0 Å². The molecule has 2 rings (SSSR count). The van der Waals surface area contributed by atoms with E-state index in [9.17, 15) is 4.79 Å². The summed E-state index contributed by atoms with van der Waals surface area (Å²) >= 11 is 0. The van der Waals surface area contributed by atoms with Gasteiger partial charge in [0, 0.05) is 7.11 Å². The Morgan fingerprint density at radius 1 is 1.19 bits per heavy atom. The standard InChI is InChI=1S/C11H18O5/c1-10(2)8(13-5)6-7(9(12)16-10)15-11(3,4)14-6/h6-8H,1-5H3/t6-,7+,8+/m0/s1. The minimum Gasteiger partial charge on any atom is -0.455 e. The Kier molecular flexibility index (Phi) is 2.53. The summed E-state index contributed by atoms with van der Waals surface area (Å²) in [5.41, 5.74) is -0.698. The monoisotopic (exact) mass is 230 g/mol. The number of cyclic esters (lactones) is 1. The number of carbonyl (C=O) groups is 1. The molecule has 0 aromatic rings. The highest BCUT2D eigenvalue weighted by atomic mass is 16.8. The zero-order chi connectivity index (χ0) is 12.1. The lowest BCUT2D eigenvalue weighted by atomic mass is 9.90. The van der Waals surface area contributed by atoms with Crippen LogP contribution in [0.4, 0.5) is 0 Å². The van der Waals surface area contributed by atoms with E-state index >= 15 is 0 Å². The molecule has 0 saturated carbocycles. The summed E-state index contributed by atoms with van der Waals surface area (Å²) in [6.45, 7) is 7.17.